The summed E-state index contributed by atoms with van der Waals surface area (Å²) < 4.78 is 0. The molecule has 2 amide bonds. The van der Waals surface area contributed by atoms with Crippen LogP contribution < -0.4 is 10.2 Å². The van der Waals surface area contributed by atoms with Crippen molar-refractivity contribution in [3.8, 4) is 0 Å². The van der Waals surface area contributed by atoms with Crippen LogP contribution in [0.3, 0.4) is 0 Å². The van der Waals surface area contributed by atoms with E-state index < -0.39 is 16.9 Å². The predicted molar refractivity (Wildman–Crippen MR) is 101 cm³/mol. The number of para-hydroxylation sites is 1. The molecule has 140 valence electrons. The summed E-state index contributed by atoms with van der Waals surface area (Å²) in [5, 5.41) is 23.4. The molecule has 1 unspecified atom stereocenters. The van der Waals surface area contributed by atoms with Crippen molar-refractivity contribution in [1.29, 1.82) is 0 Å². The average molecular weight is 387 g/mol. The quantitative estimate of drug-likeness (QED) is 0.578. The molecule has 0 bridgehead atoms. The van der Waals surface area contributed by atoms with Gasteiger partial charge in [0, 0.05) is 23.6 Å². The van der Waals surface area contributed by atoms with E-state index >= 15 is 0 Å². The van der Waals surface area contributed by atoms with Gasteiger partial charge in [0.15, 0.2) is 0 Å². The van der Waals surface area contributed by atoms with Crippen LogP contribution in [-0.2, 0) is 9.59 Å². The number of nitrogens with one attached hydrogen (secondary N) is 1. The van der Waals surface area contributed by atoms with Crippen LogP contribution in [0, 0.1) is 10.1 Å². The summed E-state index contributed by atoms with van der Waals surface area (Å²) in [5.41, 5.74) is 1.08. The van der Waals surface area contributed by atoms with E-state index in [1.807, 2.05) is 12.1 Å². The lowest BCUT2D eigenvalue weighted by Crippen LogP contribution is -2.44. The molecule has 2 aromatic carbocycles. The number of nitro groups is 1. The second-order valence-electron chi connectivity index (χ2n) is 5.90. The number of amides is 2. The molecule has 3 rings (SSSR count). The van der Waals surface area contributed by atoms with E-state index in [0.717, 1.165) is 4.90 Å². The Hall–Kier alpha value is -2.91. The molecular weight excluding hydrogens is 370 g/mol. The first-order valence-corrected chi connectivity index (χ1v) is 9.15. The Morgan fingerprint density at radius 1 is 1.26 bits per heavy atom. The number of carbonyl (C=O) groups excluding carboxylic acids is 2. The average Bonchev–Trinajstić information content (AvgIpc) is 2.68. The van der Waals surface area contributed by atoms with Gasteiger partial charge in [0.1, 0.15) is 6.54 Å². The number of hydrogen-bond donors (Lipinski definition) is 2. The second kappa shape index (κ2) is 8.19. The summed E-state index contributed by atoms with van der Waals surface area (Å²) in [6.45, 7) is -0.196. The van der Waals surface area contributed by atoms with Crippen LogP contribution in [0.25, 0.3) is 0 Å². The van der Waals surface area contributed by atoms with Crippen LogP contribution in [0.4, 0.5) is 11.4 Å². The Kier molecular flexibility index (Phi) is 5.72. The molecule has 0 radical (unpaired) electrons. The zero-order chi connectivity index (χ0) is 19.4. The van der Waals surface area contributed by atoms with E-state index in [4.69, 9.17) is 0 Å². The maximum atomic E-state index is 12.2. The van der Waals surface area contributed by atoms with Crippen molar-refractivity contribution in [1.82, 2.24) is 5.32 Å². The van der Waals surface area contributed by atoms with E-state index in [0.29, 0.717) is 11.3 Å². The number of anilines is 1. The summed E-state index contributed by atoms with van der Waals surface area (Å²) in [6.07, 6.45) is -1.00. The third kappa shape index (κ3) is 4.44. The lowest BCUT2D eigenvalue weighted by molar-refractivity contribution is -0.384. The van der Waals surface area contributed by atoms with E-state index in [-0.39, 0.29) is 30.4 Å². The minimum atomic E-state index is -1.00. The van der Waals surface area contributed by atoms with Crippen molar-refractivity contribution in [3.05, 3.63) is 64.2 Å². The first-order chi connectivity index (χ1) is 13.0. The topological polar surface area (TPSA) is 113 Å². The highest BCUT2D eigenvalue weighted by Gasteiger charge is 2.26. The number of nitro benzene ring substituents is 1. The molecule has 0 saturated heterocycles. The molecule has 9 heteroatoms. The summed E-state index contributed by atoms with van der Waals surface area (Å²) in [7, 11) is 0. The van der Waals surface area contributed by atoms with Crippen LogP contribution >= 0.6 is 11.8 Å². The van der Waals surface area contributed by atoms with Crippen molar-refractivity contribution < 1.29 is 19.6 Å². The minimum absolute atomic E-state index is 0.0604. The van der Waals surface area contributed by atoms with Gasteiger partial charge in [-0.25, -0.2) is 0 Å². The lowest BCUT2D eigenvalue weighted by Gasteiger charge is -2.28. The minimum Gasteiger partial charge on any atom is -0.387 e. The van der Waals surface area contributed by atoms with Gasteiger partial charge < -0.3 is 15.3 Å². The number of aliphatic hydroxyl groups is 1. The highest BCUT2D eigenvalue weighted by molar-refractivity contribution is 8.00. The molecule has 0 aromatic heterocycles. The van der Waals surface area contributed by atoms with Crippen LogP contribution in [0.15, 0.2) is 53.4 Å². The number of carbonyl (C=O) groups is 2. The Morgan fingerprint density at radius 3 is 2.67 bits per heavy atom. The zero-order valence-electron chi connectivity index (χ0n) is 14.2. The van der Waals surface area contributed by atoms with Gasteiger partial charge in [-0.1, -0.05) is 12.1 Å². The number of fused-ring (bicyclic) bond motifs is 1. The maximum absolute atomic E-state index is 12.2. The highest BCUT2D eigenvalue weighted by atomic mass is 32.2. The number of rotatable bonds is 6. The molecule has 1 aliphatic heterocycles. The number of non-ortho nitro benzene ring substituents is 1. The molecule has 0 aliphatic carbocycles. The van der Waals surface area contributed by atoms with Gasteiger partial charge in [-0.15, -0.1) is 11.8 Å². The van der Waals surface area contributed by atoms with E-state index in [1.165, 1.54) is 40.9 Å². The van der Waals surface area contributed by atoms with Gasteiger partial charge in [0.2, 0.25) is 11.8 Å². The Labute approximate surface area is 159 Å². The standard InChI is InChI=1S/C18H17N3O5S/c22-15(12-5-7-13(8-6-12)21(25)26)9-19-17(23)10-20-14-3-1-2-4-16(14)27-11-18(20)24/h1-8,15,22H,9-11H2,(H,19,23). The number of thioether (sulfide) groups is 1. The molecule has 0 fully saturated rings. The lowest BCUT2D eigenvalue weighted by atomic mass is 10.1. The third-order valence-corrected chi connectivity index (χ3v) is 5.14. The van der Waals surface area contributed by atoms with Gasteiger partial charge in [-0.3, -0.25) is 19.7 Å². The Morgan fingerprint density at radius 2 is 1.96 bits per heavy atom. The number of hydrogen-bond acceptors (Lipinski definition) is 6. The van der Waals surface area contributed by atoms with E-state index in [9.17, 15) is 24.8 Å². The molecule has 1 aliphatic rings. The number of nitrogens with zero attached hydrogens (tertiary/aromatic N) is 2. The molecule has 2 aromatic rings. The Balaban J connectivity index is 1.58. The zero-order valence-corrected chi connectivity index (χ0v) is 15.0. The summed E-state index contributed by atoms with van der Waals surface area (Å²) in [6, 6.07) is 12.8. The number of benzene rings is 2. The van der Waals surface area contributed by atoms with E-state index in [1.54, 1.807) is 12.1 Å². The summed E-state index contributed by atoms with van der Waals surface area (Å²) in [4.78, 5) is 36.9. The fourth-order valence-electron chi connectivity index (χ4n) is 2.67. The second-order valence-corrected chi connectivity index (χ2v) is 6.92. The first-order valence-electron chi connectivity index (χ1n) is 8.17. The number of aliphatic hydroxyl groups excluding tert-OH is 1. The van der Waals surface area contributed by atoms with Crippen molar-refractivity contribution in [3.63, 3.8) is 0 Å². The Bertz CT molecular complexity index is 872. The molecule has 2 N–H and O–H groups in total. The van der Waals surface area contributed by atoms with Gasteiger partial charge in [-0.05, 0) is 29.8 Å². The van der Waals surface area contributed by atoms with Crippen molar-refractivity contribution in [2.75, 3.05) is 23.7 Å². The smallest absolute Gasteiger partial charge is 0.269 e. The highest BCUT2D eigenvalue weighted by Crippen LogP contribution is 2.34. The molecule has 1 atom stereocenters. The van der Waals surface area contributed by atoms with Crippen molar-refractivity contribution in [2.45, 2.75) is 11.0 Å². The molecule has 1 heterocycles. The van der Waals surface area contributed by atoms with Gasteiger partial charge >= 0.3 is 0 Å². The largest absolute Gasteiger partial charge is 0.387 e. The normalized spacial score (nSPS) is 14.4. The van der Waals surface area contributed by atoms with E-state index in [2.05, 4.69) is 5.32 Å². The fourth-order valence-corrected chi connectivity index (χ4v) is 3.61. The summed E-state index contributed by atoms with van der Waals surface area (Å²) >= 11 is 1.44. The van der Waals surface area contributed by atoms with Crippen LogP contribution in [-0.4, -0.2) is 40.7 Å². The monoisotopic (exact) mass is 387 g/mol. The van der Waals surface area contributed by atoms with Crippen LogP contribution in [0.2, 0.25) is 0 Å². The third-order valence-electron chi connectivity index (χ3n) is 4.09. The van der Waals surface area contributed by atoms with Crippen molar-refractivity contribution >= 4 is 35.0 Å². The van der Waals surface area contributed by atoms with Gasteiger partial charge in [0.05, 0.1) is 22.5 Å². The maximum Gasteiger partial charge on any atom is 0.269 e. The molecule has 8 nitrogen and oxygen atoms in total. The van der Waals surface area contributed by atoms with Crippen LogP contribution in [0.1, 0.15) is 11.7 Å². The predicted octanol–water partition coefficient (Wildman–Crippen LogP) is 1.88. The van der Waals surface area contributed by atoms with Crippen LogP contribution in [0.5, 0.6) is 0 Å². The fraction of sp³-hybridized carbons (Fsp3) is 0.222. The van der Waals surface area contributed by atoms with Gasteiger partial charge in [0.25, 0.3) is 5.69 Å². The summed E-state index contributed by atoms with van der Waals surface area (Å²) in [5.74, 6) is -0.272. The van der Waals surface area contributed by atoms with Gasteiger partial charge in [-0.2, -0.15) is 0 Å². The van der Waals surface area contributed by atoms with Crippen molar-refractivity contribution in [2.24, 2.45) is 0 Å². The molecule has 0 saturated carbocycles. The molecule has 27 heavy (non-hydrogen) atoms. The molecule has 0 spiro atoms. The molecular formula is C18H17N3O5S. The SMILES string of the molecule is O=C(CN1C(=O)CSc2ccccc21)NCC(O)c1ccc([N+](=O)[O-])cc1. The first kappa shape index (κ1) is 18.9.